The number of nitrogens with zero attached hydrogens (tertiary/aromatic N) is 2. The van der Waals surface area contributed by atoms with Gasteiger partial charge in [-0.3, -0.25) is 9.59 Å². The molecule has 2 heterocycles. The Balaban J connectivity index is 1.51. The van der Waals surface area contributed by atoms with Crippen molar-refractivity contribution in [1.29, 1.82) is 0 Å². The number of hydrogen-bond donors (Lipinski definition) is 1. The molecule has 1 aliphatic rings. The number of ether oxygens (including phenoxy) is 2. The number of urea groups is 1. The van der Waals surface area contributed by atoms with Gasteiger partial charge < -0.3 is 19.7 Å². The Labute approximate surface area is 218 Å². The minimum Gasteiger partial charge on any atom is -0.497 e. The first-order valence-electron chi connectivity index (χ1n) is 11.8. The molecule has 3 aromatic rings. The number of esters is 1. The summed E-state index contributed by atoms with van der Waals surface area (Å²) in [5.74, 6) is -0.842. The van der Waals surface area contributed by atoms with Crippen LogP contribution < -0.4 is 15.0 Å². The van der Waals surface area contributed by atoms with Crippen LogP contribution in [0.2, 0.25) is 0 Å². The lowest BCUT2D eigenvalue weighted by atomic mass is 10.1. The third-order valence-electron chi connectivity index (χ3n) is 5.87. The third-order valence-corrected chi connectivity index (χ3v) is 6.80. The van der Waals surface area contributed by atoms with E-state index in [1.807, 2.05) is 17.5 Å². The van der Waals surface area contributed by atoms with Gasteiger partial charge in [-0.25, -0.2) is 14.5 Å². The Morgan fingerprint density at radius 3 is 2.51 bits per heavy atom. The first-order chi connectivity index (χ1) is 17.9. The number of anilines is 2. The fourth-order valence-corrected chi connectivity index (χ4v) is 4.75. The summed E-state index contributed by atoms with van der Waals surface area (Å²) in [4.78, 5) is 55.3. The van der Waals surface area contributed by atoms with E-state index in [-0.39, 0.29) is 19.6 Å². The molecule has 1 aromatic heterocycles. The quantitative estimate of drug-likeness (QED) is 0.314. The molecule has 192 valence electrons. The van der Waals surface area contributed by atoms with Gasteiger partial charge in [0.15, 0.2) is 0 Å². The first kappa shape index (κ1) is 25.9. The highest BCUT2D eigenvalue weighted by Gasteiger charge is 2.46. The number of amides is 4. The molecule has 4 amide bonds. The van der Waals surface area contributed by atoms with E-state index >= 15 is 0 Å². The second-order valence-corrected chi connectivity index (χ2v) is 9.28. The van der Waals surface area contributed by atoms with Crippen molar-refractivity contribution in [2.45, 2.75) is 25.8 Å². The van der Waals surface area contributed by atoms with Crippen molar-refractivity contribution < 1.29 is 28.7 Å². The van der Waals surface area contributed by atoms with E-state index < -0.39 is 29.9 Å². The number of benzene rings is 2. The van der Waals surface area contributed by atoms with Crippen LogP contribution in [0.15, 0.2) is 66.0 Å². The second-order valence-electron chi connectivity index (χ2n) is 8.25. The number of imide groups is 1. The van der Waals surface area contributed by atoms with Crippen molar-refractivity contribution in [3.05, 3.63) is 76.5 Å². The predicted octanol–water partition coefficient (Wildman–Crippen LogP) is 4.34. The van der Waals surface area contributed by atoms with Crippen LogP contribution in [0.25, 0.3) is 0 Å². The molecule has 2 aromatic carbocycles. The Kier molecular flexibility index (Phi) is 8.19. The summed E-state index contributed by atoms with van der Waals surface area (Å²) < 4.78 is 10.2. The van der Waals surface area contributed by atoms with Gasteiger partial charge in [0, 0.05) is 23.2 Å². The van der Waals surface area contributed by atoms with Crippen LogP contribution in [0.1, 0.15) is 28.6 Å². The molecule has 0 unspecified atom stereocenters. The van der Waals surface area contributed by atoms with Crippen LogP contribution in [0.3, 0.4) is 0 Å². The molecule has 1 saturated heterocycles. The lowest BCUT2D eigenvalue weighted by Crippen LogP contribution is -2.39. The van der Waals surface area contributed by atoms with E-state index in [2.05, 4.69) is 5.32 Å². The molecule has 1 N–H and O–H groups in total. The molecule has 0 aliphatic carbocycles. The summed E-state index contributed by atoms with van der Waals surface area (Å²) in [7, 11) is 1.51. The van der Waals surface area contributed by atoms with Gasteiger partial charge in [0.25, 0.3) is 5.91 Å². The number of nitrogens with one attached hydrogen (secondary N) is 1. The monoisotopic (exact) mass is 521 g/mol. The normalized spacial score (nSPS) is 15.1. The van der Waals surface area contributed by atoms with Crippen LogP contribution in [0.4, 0.5) is 16.2 Å². The Morgan fingerprint density at radius 1 is 1.05 bits per heavy atom. The molecule has 0 bridgehead atoms. The Hall–Kier alpha value is -4.18. The van der Waals surface area contributed by atoms with Crippen LogP contribution in [-0.4, -0.2) is 55.0 Å². The van der Waals surface area contributed by atoms with E-state index in [0.717, 1.165) is 9.78 Å². The van der Waals surface area contributed by atoms with Crippen LogP contribution >= 0.6 is 11.3 Å². The molecule has 37 heavy (non-hydrogen) atoms. The maximum absolute atomic E-state index is 13.5. The molecule has 0 saturated carbocycles. The average molecular weight is 522 g/mol. The lowest BCUT2D eigenvalue weighted by Gasteiger charge is -2.21. The number of rotatable bonds is 10. The molecule has 4 rings (SSSR count). The average Bonchev–Trinajstić information content (AvgIpc) is 3.49. The SMILES string of the molecule is CCOC(=O)c1ccc(NC(=O)C[C@@H]2C(=O)N(c3cccc(OC)c3)C(=O)N2CCc2cccs2)cc1. The van der Waals surface area contributed by atoms with E-state index in [9.17, 15) is 19.2 Å². The fourth-order valence-electron chi connectivity index (χ4n) is 4.05. The highest BCUT2D eigenvalue weighted by molar-refractivity contribution is 7.09. The molecule has 9 nitrogen and oxygen atoms in total. The molecule has 1 atom stereocenters. The number of carbonyl (C=O) groups excluding carboxylic acids is 4. The van der Waals surface area contributed by atoms with Crippen molar-refractivity contribution >= 4 is 46.5 Å². The van der Waals surface area contributed by atoms with Gasteiger partial charge in [0.2, 0.25) is 5.91 Å². The number of carbonyl (C=O) groups is 4. The number of thiophene rings is 1. The minimum atomic E-state index is -0.961. The number of hydrogen-bond acceptors (Lipinski definition) is 7. The Morgan fingerprint density at radius 2 is 1.84 bits per heavy atom. The number of methoxy groups -OCH3 is 1. The fraction of sp³-hybridized carbons (Fsp3) is 0.259. The van der Waals surface area contributed by atoms with Gasteiger partial charge in [0.05, 0.1) is 31.4 Å². The highest BCUT2D eigenvalue weighted by atomic mass is 32.1. The zero-order chi connectivity index (χ0) is 26.4. The molecule has 0 spiro atoms. The van der Waals surface area contributed by atoms with Crippen molar-refractivity contribution in [3.8, 4) is 5.75 Å². The predicted molar refractivity (Wildman–Crippen MR) is 140 cm³/mol. The van der Waals surface area contributed by atoms with Gasteiger partial charge >= 0.3 is 12.0 Å². The Bertz CT molecular complexity index is 1280. The van der Waals surface area contributed by atoms with E-state index in [4.69, 9.17) is 9.47 Å². The van der Waals surface area contributed by atoms with Crippen molar-refractivity contribution in [2.75, 3.05) is 30.5 Å². The highest BCUT2D eigenvalue weighted by Crippen LogP contribution is 2.30. The maximum Gasteiger partial charge on any atom is 0.338 e. The van der Waals surface area contributed by atoms with Crippen molar-refractivity contribution in [3.63, 3.8) is 0 Å². The molecule has 0 radical (unpaired) electrons. The summed E-state index contributed by atoms with van der Waals surface area (Å²) >= 11 is 1.57. The lowest BCUT2D eigenvalue weighted by molar-refractivity contribution is -0.124. The summed E-state index contributed by atoms with van der Waals surface area (Å²) in [6, 6.07) is 15.4. The van der Waals surface area contributed by atoms with E-state index in [1.165, 1.54) is 12.0 Å². The van der Waals surface area contributed by atoms with Crippen LogP contribution in [0.5, 0.6) is 5.75 Å². The largest absolute Gasteiger partial charge is 0.497 e. The van der Waals surface area contributed by atoms with Crippen molar-refractivity contribution in [1.82, 2.24) is 4.90 Å². The summed E-state index contributed by atoms with van der Waals surface area (Å²) in [6.45, 7) is 2.28. The summed E-state index contributed by atoms with van der Waals surface area (Å²) in [6.07, 6.45) is 0.352. The zero-order valence-corrected chi connectivity index (χ0v) is 21.3. The van der Waals surface area contributed by atoms with Crippen LogP contribution in [0, 0.1) is 0 Å². The van der Waals surface area contributed by atoms with Gasteiger partial charge in [-0.05, 0) is 61.2 Å². The molecule has 10 heteroatoms. The summed E-state index contributed by atoms with van der Waals surface area (Å²) in [5, 5.41) is 4.70. The second kappa shape index (κ2) is 11.7. The molecule has 1 aliphatic heterocycles. The first-order valence-corrected chi connectivity index (χ1v) is 12.7. The van der Waals surface area contributed by atoms with Crippen LogP contribution in [-0.2, 0) is 20.7 Å². The topological polar surface area (TPSA) is 105 Å². The minimum absolute atomic E-state index is 0.213. The van der Waals surface area contributed by atoms with Gasteiger partial charge in [-0.15, -0.1) is 11.3 Å². The summed E-state index contributed by atoms with van der Waals surface area (Å²) in [5.41, 5.74) is 1.21. The van der Waals surface area contributed by atoms with Gasteiger partial charge in [-0.1, -0.05) is 12.1 Å². The van der Waals surface area contributed by atoms with E-state index in [1.54, 1.807) is 66.8 Å². The van der Waals surface area contributed by atoms with E-state index in [0.29, 0.717) is 29.1 Å². The molecule has 1 fully saturated rings. The standard InChI is InChI=1S/C27H27N3O6S/c1-3-36-26(33)18-9-11-19(12-10-18)28-24(31)17-23-25(32)30(20-6-4-7-21(16-20)35-2)27(34)29(23)14-13-22-8-5-15-37-22/h4-12,15-16,23H,3,13-14,17H2,1-2H3,(H,28,31)/t23-/m1/s1. The molecular formula is C27H27N3O6S. The third kappa shape index (κ3) is 5.97. The smallest absolute Gasteiger partial charge is 0.338 e. The van der Waals surface area contributed by atoms with Crippen molar-refractivity contribution in [2.24, 2.45) is 0 Å². The maximum atomic E-state index is 13.5. The van der Waals surface area contributed by atoms with Gasteiger partial charge in [-0.2, -0.15) is 0 Å². The van der Waals surface area contributed by atoms with Gasteiger partial charge in [0.1, 0.15) is 11.8 Å². The zero-order valence-electron chi connectivity index (χ0n) is 20.5. The molecular weight excluding hydrogens is 494 g/mol.